The molecule has 0 saturated carbocycles. The number of fused-ring (bicyclic) bond motifs is 2. The molecule has 9 heteroatoms. The maximum atomic E-state index is 12.7. The molecule has 3 aliphatic rings. The van der Waals surface area contributed by atoms with E-state index in [0.29, 0.717) is 6.42 Å². The van der Waals surface area contributed by atoms with Crippen LogP contribution in [0.2, 0.25) is 0 Å². The van der Waals surface area contributed by atoms with Crippen LogP contribution in [0, 0.1) is 0 Å². The lowest BCUT2D eigenvalue weighted by Crippen LogP contribution is -2.63. The summed E-state index contributed by atoms with van der Waals surface area (Å²) in [5.41, 5.74) is -0.634. The highest BCUT2D eigenvalue weighted by molar-refractivity contribution is 8.00. The maximum absolute atomic E-state index is 12.7. The molecule has 3 heterocycles. The van der Waals surface area contributed by atoms with Crippen molar-refractivity contribution in [2.24, 2.45) is 0 Å². The van der Waals surface area contributed by atoms with Crippen molar-refractivity contribution in [1.29, 1.82) is 0 Å². The molecule has 3 aliphatic heterocycles. The number of ether oxygens (including phenoxy) is 1. The summed E-state index contributed by atoms with van der Waals surface area (Å²) in [4.78, 5) is 2.44. The van der Waals surface area contributed by atoms with Gasteiger partial charge in [0.2, 0.25) is 0 Å². The second-order valence-electron chi connectivity index (χ2n) is 9.25. The van der Waals surface area contributed by atoms with Crippen LogP contribution in [0.25, 0.3) is 0 Å². The molecule has 2 fully saturated rings. The SMILES string of the molecule is CC(C)(C)[S@@](=O)N[C@@H]1C/C=C\C[C@@H](CN2CCCC2)S[C@H]2O[C@H]1[C@H](O)[C@H](O)[C@H]2O. The normalized spacial score (nSPS) is 41.8. The summed E-state index contributed by atoms with van der Waals surface area (Å²) in [6.07, 6.45) is 3.53. The van der Waals surface area contributed by atoms with Crippen LogP contribution in [0.15, 0.2) is 12.2 Å². The average molecular weight is 449 g/mol. The Morgan fingerprint density at radius 2 is 1.76 bits per heavy atom. The Morgan fingerprint density at radius 1 is 1.10 bits per heavy atom. The van der Waals surface area contributed by atoms with E-state index in [4.69, 9.17) is 4.74 Å². The van der Waals surface area contributed by atoms with E-state index in [2.05, 4.69) is 15.7 Å². The van der Waals surface area contributed by atoms with E-state index in [9.17, 15) is 19.5 Å². The van der Waals surface area contributed by atoms with Gasteiger partial charge in [0.25, 0.3) is 0 Å². The quantitative estimate of drug-likeness (QED) is 0.471. The molecule has 2 bridgehead atoms. The molecule has 0 amide bonds. The first-order chi connectivity index (χ1) is 13.7. The molecule has 0 aliphatic carbocycles. The molecular weight excluding hydrogens is 412 g/mol. The lowest BCUT2D eigenvalue weighted by molar-refractivity contribution is -0.203. The number of thioether (sulfide) groups is 1. The third kappa shape index (κ3) is 6.04. The first kappa shape index (κ1) is 23.7. The smallest absolute Gasteiger partial charge is 0.132 e. The van der Waals surface area contributed by atoms with Gasteiger partial charge in [0.05, 0.1) is 21.8 Å². The van der Waals surface area contributed by atoms with E-state index in [1.54, 1.807) is 0 Å². The first-order valence-electron chi connectivity index (χ1n) is 10.6. The lowest BCUT2D eigenvalue weighted by Gasteiger charge is -2.44. The van der Waals surface area contributed by atoms with Crippen molar-refractivity contribution in [3.63, 3.8) is 0 Å². The van der Waals surface area contributed by atoms with Gasteiger partial charge in [-0.25, -0.2) is 8.93 Å². The number of likely N-dealkylation sites (tertiary alicyclic amines) is 1. The highest BCUT2D eigenvalue weighted by Crippen LogP contribution is 2.35. The topological polar surface area (TPSA) is 102 Å². The van der Waals surface area contributed by atoms with Crippen LogP contribution < -0.4 is 4.72 Å². The van der Waals surface area contributed by atoms with Crippen molar-refractivity contribution in [2.75, 3.05) is 19.6 Å². The summed E-state index contributed by atoms with van der Waals surface area (Å²) in [6, 6.07) is -0.429. The molecule has 0 unspecified atom stereocenters. The number of hydrogen-bond donors (Lipinski definition) is 4. The van der Waals surface area contributed by atoms with Gasteiger partial charge in [-0.3, -0.25) is 0 Å². The van der Waals surface area contributed by atoms with Gasteiger partial charge in [-0.2, -0.15) is 0 Å². The fourth-order valence-electron chi connectivity index (χ4n) is 3.99. The zero-order valence-electron chi connectivity index (χ0n) is 17.6. The molecule has 0 radical (unpaired) electrons. The predicted molar refractivity (Wildman–Crippen MR) is 117 cm³/mol. The van der Waals surface area contributed by atoms with E-state index in [0.717, 1.165) is 26.1 Å². The number of hydrogen-bond acceptors (Lipinski definition) is 7. The number of nitrogens with zero attached hydrogens (tertiary/aromatic N) is 1. The molecule has 0 aromatic carbocycles. The summed E-state index contributed by atoms with van der Waals surface area (Å²) < 4.78 is 21.4. The van der Waals surface area contributed by atoms with Crippen LogP contribution >= 0.6 is 11.8 Å². The van der Waals surface area contributed by atoms with E-state index in [-0.39, 0.29) is 5.25 Å². The zero-order valence-corrected chi connectivity index (χ0v) is 19.2. The monoisotopic (exact) mass is 448 g/mol. The highest BCUT2D eigenvalue weighted by Gasteiger charge is 2.48. The molecule has 0 aromatic rings. The van der Waals surface area contributed by atoms with E-state index in [1.165, 1.54) is 24.6 Å². The minimum Gasteiger partial charge on any atom is -0.388 e. The number of aliphatic hydroxyl groups excluding tert-OH is 3. The third-order valence-electron chi connectivity index (χ3n) is 5.76. The maximum Gasteiger partial charge on any atom is 0.132 e. The first-order valence-corrected chi connectivity index (χ1v) is 12.7. The van der Waals surface area contributed by atoms with Crippen LogP contribution in [0.4, 0.5) is 0 Å². The second kappa shape index (κ2) is 10.1. The van der Waals surface area contributed by atoms with Gasteiger partial charge in [0, 0.05) is 11.8 Å². The van der Waals surface area contributed by atoms with E-state index >= 15 is 0 Å². The largest absolute Gasteiger partial charge is 0.388 e. The van der Waals surface area contributed by atoms with Crippen molar-refractivity contribution in [3.8, 4) is 0 Å². The van der Waals surface area contributed by atoms with Crippen LogP contribution in [-0.2, 0) is 15.7 Å². The molecule has 3 rings (SSSR count). The zero-order chi connectivity index (χ0) is 21.2. The lowest BCUT2D eigenvalue weighted by atomic mass is 9.93. The molecule has 0 aromatic heterocycles. The Hall–Kier alpha value is -0.0000000000000000971. The van der Waals surface area contributed by atoms with Crippen molar-refractivity contribution >= 4 is 22.7 Å². The molecule has 8 atom stereocenters. The van der Waals surface area contributed by atoms with E-state index < -0.39 is 51.6 Å². The second-order valence-corrected chi connectivity index (χ2v) is 12.7. The molecule has 0 spiro atoms. The van der Waals surface area contributed by atoms with Gasteiger partial charge < -0.3 is 25.0 Å². The van der Waals surface area contributed by atoms with Crippen molar-refractivity contribution in [3.05, 3.63) is 12.2 Å². The average Bonchev–Trinajstić information content (AvgIpc) is 3.16. The fraction of sp³-hybridized carbons (Fsp3) is 0.900. The van der Waals surface area contributed by atoms with Gasteiger partial charge in [0.1, 0.15) is 29.9 Å². The Bertz CT molecular complexity index is 594. The third-order valence-corrected chi connectivity index (χ3v) is 8.77. The minimum atomic E-state index is -1.35. The number of allylic oxidation sites excluding steroid dienone is 1. The Labute approximate surface area is 180 Å². The number of aliphatic hydroxyl groups is 3. The molecule has 7 nitrogen and oxygen atoms in total. The van der Waals surface area contributed by atoms with Gasteiger partial charge in [-0.1, -0.05) is 12.2 Å². The van der Waals surface area contributed by atoms with Crippen LogP contribution in [-0.4, -0.2) is 90.0 Å². The highest BCUT2D eigenvalue weighted by atomic mass is 32.2. The predicted octanol–water partition coefficient (Wildman–Crippen LogP) is 0.762. The fourth-order valence-corrected chi connectivity index (χ4v) is 6.26. The molecule has 2 saturated heterocycles. The van der Waals surface area contributed by atoms with Gasteiger partial charge >= 0.3 is 0 Å². The molecular formula is C20H36N2O5S2. The van der Waals surface area contributed by atoms with Gasteiger partial charge in [-0.05, 0) is 59.5 Å². The van der Waals surface area contributed by atoms with Crippen LogP contribution in [0.1, 0.15) is 46.5 Å². The number of nitrogens with one attached hydrogen (secondary N) is 1. The Morgan fingerprint density at radius 3 is 2.41 bits per heavy atom. The minimum absolute atomic E-state index is 0.236. The van der Waals surface area contributed by atoms with Crippen LogP contribution in [0.5, 0.6) is 0 Å². The summed E-state index contributed by atoms with van der Waals surface area (Å²) >= 11 is 1.53. The van der Waals surface area contributed by atoms with Gasteiger partial charge in [0.15, 0.2) is 0 Å². The van der Waals surface area contributed by atoms with Gasteiger partial charge in [-0.15, -0.1) is 11.8 Å². The standard InChI is InChI=1S/C20H36N2O5S2/c1-20(2,3)29(26)21-14-9-5-4-8-13(12-22-10-6-7-11-22)28-19-17(25)15(23)16(24)18(14)27-19/h4-5,13-19,21,23-25H,6-12H2,1-3H3/b5-4-/t13-,14+,15-,16+,17+,18+,19+,29+/m0/s1. The summed E-state index contributed by atoms with van der Waals surface area (Å²) in [5.74, 6) is 0. The Kier molecular flexibility index (Phi) is 8.22. The molecule has 29 heavy (non-hydrogen) atoms. The Balaban J connectivity index is 1.78. The summed E-state index contributed by atoms with van der Waals surface area (Å²) in [6.45, 7) is 8.76. The van der Waals surface area contributed by atoms with Crippen molar-refractivity contribution in [1.82, 2.24) is 9.62 Å². The van der Waals surface area contributed by atoms with Crippen molar-refractivity contribution in [2.45, 2.75) is 92.3 Å². The molecule has 4 N–H and O–H groups in total. The van der Waals surface area contributed by atoms with Crippen LogP contribution in [0.3, 0.4) is 0 Å². The number of rotatable bonds is 4. The van der Waals surface area contributed by atoms with Crippen molar-refractivity contribution < 1.29 is 24.3 Å². The summed E-state index contributed by atoms with van der Waals surface area (Å²) in [5, 5.41) is 31.9. The van der Waals surface area contributed by atoms with E-state index in [1.807, 2.05) is 26.8 Å². The molecule has 168 valence electrons. The summed E-state index contributed by atoms with van der Waals surface area (Å²) in [7, 11) is -1.35.